The normalized spacial score (nSPS) is 19.7. The molecule has 9 nitrogen and oxygen atoms in total. The van der Waals surface area contributed by atoms with E-state index in [0.717, 1.165) is 11.3 Å². The number of carbonyl (C=O) groups is 1. The molecule has 0 radical (unpaired) electrons. The molecule has 29 heavy (non-hydrogen) atoms. The average Bonchev–Trinajstić information content (AvgIpc) is 3.39. The Morgan fingerprint density at radius 3 is 2.76 bits per heavy atom. The first-order valence-corrected chi connectivity index (χ1v) is 9.54. The molecule has 1 aromatic carbocycles. The van der Waals surface area contributed by atoms with E-state index >= 15 is 0 Å². The predicted octanol–water partition coefficient (Wildman–Crippen LogP) is 1.14. The molecule has 4 rings (SSSR count). The van der Waals surface area contributed by atoms with Crippen molar-refractivity contribution in [3.8, 4) is 5.69 Å². The van der Waals surface area contributed by atoms with Crippen LogP contribution in [0.1, 0.15) is 22.0 Å². The molecular formula is C20H25N7O2. The number of aromatic nitrogens is 5. The first-order chi connectivity index (χ1) is 14.0. The molecule has 0 unspecified atom stereocenters. The molecule has 3 heterocycles. The van der Waals surface area contributed by atoms with Gasteiger partial charge >= 0.3 is 0 Å². The maximum atomic E-state index is 13.5. The van der Waals surface area contributed by atoms with Gasteiger partial charge in [-0.2, -0.15) is 5.10 Å². The SMILES string of the molecule is CN(C)C[C@@H]1OCCN(C(=O)c2cccc(-n3cnnc3)c2)[C@H]1c1cnn(C)c1. The highest BCUT2D eigenvalue weighted by molar-refractivity contribution is 5.95. The number of likely N-dealkylation sites (N-methyl/N-ethyl adjacent to an activating group) is 1. The zero-order valence-corrected chi connectivity index (χ0v) is 16.8. The molecule has 0 N–H and O–H groups in total. The number of morpholine rings is 1. The lowest BCUT2D eigenvalue weighted by molar-refractivity contribution is -0.0684. The number of carbonyl (C=O) groups excluding carboxylic acids is 1. The molecule has 2 aromatic heterocycles. The van der Waals surface area contributed by atoms with Gasteiger partial charge in [-0.3, -0.25) is 14.0 Å². The Labute approximate surface area is 169 Å². The number of benzene rings is 1. The van der Waals surface area contributed by atoms with Crippen LogP contribution in [0.4, 0.5) is 0 Å². The van der Waals surface area contributed by atoms with E-state index in [1.54, 1.807) is 21.9 Å². The highest BCUT2D eigenvalue weighted by Gasteiger charge is 2.37. The van der Waals surface area contributed by atoms with Crippen LogP contribution in [-0.4, -0.2) is 80.1 Å². The summed E-state index contributed by atoms with van der Waals surface area (Å²) in [5, 5.41) is 12.0. The Kier molecular flexibility index (Phi) is 5.41. The summed E-state index contributed by atoms with van der Waals surface area (Å²) in [5.74, 6) is -0.0270. The summed E-state index contributed by atoms with van der Waals surface area (Å²) in [5.41, 5.74) is 2.44. The Bertz CT molecular complexity index is 967. The predicted molar refractivity (Wildman–Crippen MR) is 107 cm³/mol. The summed E-state index contributed by atoms with van der Waals surface area (Å²) < 4.78 is 9.61. The molecule has 1 saturated heterocycles. The van der Waals surface area contributed by atoms with Gasteiger partial charge < -0.3 is 14.5 Å². The number of nitrogens with zero attached hydrogens (tertiary/aromatic N) is 7. The van der Waals surface area contributed by atoms with E-state index in [9.17, 15) is 4.79 Å². The lowest BCUT2D eigenvalue weighted by atomic mass is 9.99. The number of aryl methyl sites for hydroxylation is 1. The molecule has 9 heteroatoms. The minimum Gasteiger partial charge on any atom is -0.373 e. The molecule has 1 aliphatic heterocycles. The molecule has 2 atom stereocenters. The smallest absolute Gasteiger partial charge is 0.254 e. The van der Waals surface area contributed by atoms with Gasteiger partial charge in [0.25, 0.3) is 5.91 Å². The molecule has 1 fully saturated rings. The molecule has 152 valence electrons. The molecule has 1 aliphatic rings. The number of amides is 1. The van der Waals surface area contributed by atoms with Crippen LogP contribution >= 0.6 is 0 Å². The van der Waals surface area contributed by atoms with Gasteiger partial charge in [0, 0.05) is 43.1 Å². The summed E-state index contributed by atoms with van der Waals surface area (Å²) in [7, 11) is 5.89. The van der Waals surface area contributed by atoms with Crippen LogP contribution in [-0.2, 0) is 11.8 Å². The van der Waals surface area contributed by atoms with Crippen molar-refractivity contribution >= 4 is 5.91 Å². The molecule has 0 spiro atoms. The zero-order chi connectivity index (χ0) is 20.4. The van der Waals surface area contributed by atoms with E-state index in [4.69, 9.17) is 4.74 Å². The third-order valence-corrected chi connectivity index (χ3v) is 5.03. The quantitative estimate of drug-likeness (QED) is 0.645. The van der Waals surface area contributed by atoms with Gasteiger partial charge in [-0.1, -0.05) is 6.07 Å². The minimum atomic E-state index is -0.203. The third-order valence-electron chi connectivity index (χ3n) is 5.03. The van der Waals surface area contributed by atoms with Crippen LogP contribution in [0.3, 0.4) is 0 Å². The zero-order valence-electron chi connectivity index (χ0n) is 16.8. The maximum Gasteiger partial charge on any atom is 0.254 e. The van der Waals surface area contributed by atoms with Crippen molar-refractivity contribution in [1.82, 2.24) is 34.3 Å². The second-order valence-corrected chi connectivity index (χ2v) is 7.48. The Balaban J connectivity index is 1.67. The second kappa shape index (κ2) is 8.14. The standard InChI is InChI=1S/C20H25N7O2/c1-24(2)12-18-19(16-10-23-25(3)11-16)27(7-8-29-18)20(28)15-5-4-6-17(9-15)26-13-21-22-14-26/h4-6,9-11,13-14,18-19H,7-8,12H2,1-3H3/t18-,19-/m0/s1. The van der Waals surface area contributed by atoms with E-state index in [0.29, 0.717) is 25.3 Å². The van der Waals surface area contributed by atoms with E-state index in [1.165, 1.54) is 0 Å². The minimum absolute atomic E-state index is 0.0270. The lowest BCUT2D eigenvalue weighted by Gasteiger charge is -2.41. The highest BCUT2D eigenvalue weighted by atomic mass is 16.5. The van der Waals surface area contributed by atoms with E-state index in [2.05, 4.69) is 20.2 Å². The fourth-order valence-electron chi connectivity index (χ4n) is 3.76. The molecule has 1 amide bonds. The topological polar surface area (TPSA) is 81.3 Å². The van der Waals surface area contributed by atoms with Crippen LogP contribution in [0, 0.1) is 0 Å². The van der Waals surface area contributed by atoms with Gasteiger partial charge in [-0.25, -0.2) is 0 Å². The first-order valence-electron chi connectivity index (χ1n) is 9.54. The van der Waals surface area contributed by atoms with Crippen molar-refractivity contribution in [2.45, 2.75) is 12.1 Å². The Hall–Kier alpha value is -3.04. The monoisotopic (exact) mass is 395 g/mol. The molecule has 3 aromatic rings. The first kappa shape index (κ1) is 19.3. The Morgan fingerprint density at radius 2 is 2.07 bits per heavy atom. The summed E-state index contributed by atoms with van der Waals surface area (Å²) >= 11 is 0. The number of hydrogen-bond acceptors (Lipinski definition) is 6. The van der Waals surface area contributed by atoms with Gasteiger partial charge in [-0.15, -0.1) is 10.2 Å². The fourth-order valence-corrected chi connectivity index (χ4v) is 3.76. The summed E-state index contributed by atoms with van der Waals surface area (Å²) in [6, 6.07) is 7.30. The van der Waals surface area contributed by atoms with Gasteiger partial charge in [0.1, 0.15) is 12.7 Å². The molecule has 0 saturated carbocycles. The van der Waals surface area contributed by atoms with Crippen molar-refractivity contribution < 1.29 is 9.53 Å². The van der Waals surface area contributed by atoms with Gasteiger partial charge in [0.2, 0.25) is 0 Å². The fraction of sp³-hybridized carbons (Fsp3) is 0.400. The largest absolute Gasteiger partial charge is 0.373 e. The summed E-state index contributed by atoms with van der Waals surface area (Å²) in [6.07, 6.45) is 6.87. The van der Waals surface area contributed by atoms with Gasteiger partial charge in [-0.05, 0) is 32.3 Å². The Morgan fingerprint density at radius 1 is 1.28 bits per heavy atom. The number of ether oxygens (including phenoxy) is 1. The molecular weight excluding hydrogens is 370 g/mol. The van der Waals surface area contributed by atoms with Crippen LogP contribution < -0.4 is 0 Å². The number of rotatable bonds is 5. The van der Waals surface area contributed by atoms with Crippen molar-refractivity contribution in [3.05, 3.63) is 60.4 Å². The van der Waals surface area contributed by atoms with Gasteiger partial charge in [0.15, 0.2) is 0 Å². The van der Waals surface area contributed by atoms with Crippen LogP contribution in [0.15, 0.2) is 49.3 Å². The van der Waals surface area contributed by atoms with E-state index in [-0.39, 0.29) is 18.1 Å². The summed E-state index contributed by atoms with van der Waals surface area (Å²) in [6.45, 7) is 1.75. The van der Waals surface area contributed by atoms with E-state index < -0.39 is 0 Å². The van der Waals surface area contributed by atoms with Crippen molar-refractivity contribution in [2.24, 2.45) is 7.05 Å². The van der Waals surface area contributed by atoms with Gasteiger partial charge in [0.05, 0.1) is 24.9 Å². The average molecular weight is 395 g/mol. The van der Waals surface area contributed by atoms with Crippen LogP contribution in [0.2, 0.25) is 0 Å². The molecule has 0 bridgehead atoms. The van der Waals surface area contributed by atoms with Crippen LogP contribution in [0.5, 0.6) is 0 Å². The third kappa shape index (κ3) is 4.06. The molecule has 0 aliphatic carbocycles. The maximum absolute atomic E-state index is 13.5. The highest BCUT2D eigenvalue weighted by Crippen LogP contribution is 2.31. The van der Waals surface area contributed by atoms with Crippen LogP contribution in [0.25, 0.3) is 5.69 Å². The summed E-state index contributed by atoms with van der Waals surface area (Å²) in [4.78, 5) is 17.5. The van der Waals surface area contributed by atoms with Crippen molar-refractivity contribution in [3.63, 3.8) is 0 Å². The van der Waals surface area contributed by atoms with Crippen molar-refractivity contribution in [1.29, 1.82) is 0 Å². The van der Waals surface area contributed by atoms with E-state index in [1.807, 2.05) is 62.7 Å². The number of hydrogen-bond donors (Lipinski definition) is 0. The van der Waals surface area contributed by atoms with Crippen molar-refractivity contribution in [2.75, 3.05) is 33.8 Å². The second-order valence-electron chi connectivity index (χ2n) is 7.48. The lowest BCUT2D eigenvalue weighted by Crippen LogP contribution is -2.51.